The molecule has 130 valence electrons. The first-order valence-electron chi connectivity index (χ1n) is 7.45. The smallest absolute Gasteiger partial charge is 0.426 e. The summed E-state index contributed by atoms with van der Waals surface area (Å²) in [7, 11) is -0.187. The second-order valence-corrected chi connectivity index (χ2v) is 7.09. The fraction of sp³-hybridized carbons (Fsp3) is 0.429. The van der Waals surface area contributed by atoms with Crippen molar-refractivity contribution >= 4 is 50.0 Å². The molecule has 1 aromatic carbocycles. The van der Waals surface area contributed by atoms with E-state index in [-0.39, 0.29) is 23.0 Å². The SMILES string of the molecule is BC(CC(C)C)(NC(=O)CNC(=O)c1cc(Cl)ccc1Cl)B(O)O. The molecular weight excluding hydrogens is 353 g/mol. The molecule has 0 saturated heterocycles. The van der Waals surface area contributed by atoms with E-state index in [4.69, 9.17) is 23.2 Å². The van der Waals surface area contributed by atoms with Gasteiger partial charge in [-0.15, -0.1) is 0 Å². The fourth-order valence-corrected chi connectivity index (χ4v) is 2.73. The van der Waals surface area contributed by atoms with Crippen LogP contribution in [0.25, 0.3) is 0 Å². The summed E-state index contributed by atoms with van der Waals surface area (Å²) in [4.78, 5) is 24.1. The van der Waals surface area contributed by atoms with Gasteiger partial charge in [-0.2, -0.15) is 0 Å². The van der Waals surface area contributed by atoms with Crippen molar-refractivity contribution in [2.45, 2.75) is 25.6 Å². The van der Waals surface area contributed by atoms with Crippen LogP contribution in [0.15, 0.2) is 18.2 Å². The van der Waals surface area contributed by atoms with Gasteiger partial charge in [0.25, 0.3) is 5.91 Å². The van der Waals surface area contributed by atoms with Crippen molar-refractivity contribution in [2.75, 3.05) is 6.54 Å². The van der Waals surface area contributed by atoms with Crippen LogP contribution in [0.3, 0.4) is 0 Å². The third-order valence-corrected chi connectivity index (χ3v) is 3.97. The molecule has 0 bridgehead atoms. The number of rotatable bonds is 7. The molecule has 1 unspecified atom stereocenters. The second-order valence-electron chi connectivity index (χ2n) is 6.24. The molecule has 0 aliphatic heterocycles. The van der Waals surface area contributed by atoms with Crippen LogP contribution in [-0.4, -0.2) is 48.7 Å². The van der Waals surface area contributed by atoms with Gasteiger partial charge in [0.2, 0.25) is 5.91 Å². The van der Waals surface area contributed by atoms with Gasteiger partial charge in [0.15, 0.2) is 0 Å². The molecule has 1 rings (SSSR count). The van der Waals surface area contributed by atoms with Gasteiger partial charge in [0, 0.05) is 10.4 Å². The minimum Gasteiger partial charge on any atom is -0.426 e. The Kier molecular flexibility index (Phi) is 7.60. The Morgan fingerprint density at radius 3 is 2.50 bits per heavy atom. The summed E-state index contributed by atoms with van der Waals surface area (Å²) in [5, 5.41) is 23.4. The molecule has 0 saturated carbocycles. The van der Waals surface area contributed by atoms with Gasteiger partial charge in [-0.05, 0) is 30.5 Å². The number of halogens is 2. The van der Waals surface area contributed by atoms with Crippen LogP contribution in [0.1, 0.15) is 30.6 Å². The minimum atomic E-state index is -1.72. The zero-order chi connectivity index (χ0) is 18.5. The molecule has 0 radical (unpaired) electrons. The topological polar surface area (TPSA) is 98.7 Å². The molecular formula is C14H20B2Cl2N2O4. The average molecular weight is 373 g/mol. The van der Waals surface area contributed by atoms with E-state index in [1.165, 1.54) is 20.0 Å². The minimum absolute atomic E-state index is 0.136. The summed E-state index contributed by atoms with van der Waals surface area (Å²) >= 11 is 11.7. The Morgan fingerprint density at radius 1 is 1.33 bits per heavy atom. The van der Waals surface area contributed by atoms with E-state index in [1.54, 1.807) is 6.07 Å². The molecule has 0 fully saturated rings. The summed E-state index contributed by atoms with van der Waals surface area (Å²) in [5.74, 6) is -0.956. The summed E-state index contributed by atoms with van der Waals surface area (Å²) in [6.07, 6.45) is 0.366. The Balaban J connectivity index is 2.68. The molecule has 10 heteroatoms. The Labute approximate surface area is 152 Å². The standard InChI is InChI=1S/C14H20B2Cl2N2O4/c1-8(2)6-14(15,16(23)24)20-12(21)7-19-13(22)10-5-9(17)3-4-11(10)18/h3-5,8,23-24H,6-7,15H2,1-2H3,(H,19,22)(H,20,21). The predicted molar refractivity (Wildman–Crippen MR) is 97.9 cm³/mol. The lowest BCUT2D eigenvalue weighted by Gasteiger charge is -2.31. The fourth-order valence-electron chi connectivity index (χ4n) is 2.36. The Bertz CT molecular complexity index is 616. The van der Waals surface area contributed by atoms with E-state index in [9.17, 15) is 19.6 Å². The van der Waals surface area contributed by atoms with E-state index in [0.29, 0.717) is 11.4 Å². The number of benzene rings is 1. The van der Waals surface area contributed by atoms with Crippen molar-refractivity contribution in [3.63, 3.8) is 0 Å². The quantitative estimate of drug-likeness (QED) is 0.515. The molecule has 1 atom stereocenters. The van der Waals surface area contributed by atoms with E-state index in [0.717, 1.165) is 0 Å². The molecule has 0 aromatic heterocycles. The second kappa shape index (κ2) is 8.76. The normalized spacial score (nSPS) is 13.3. The lowest BCUT2D eigenvalue weighted by Crippen LogP contribution is -2.62. The van der Waals surface area contributed by atoms with Crippen LogP contribution < -0.4 is 10.6 Å². The third-order valence-electron chi connectivity index (χ3n) is 3.41. The molecule has 0 aliphatic rings. The van der Waals surface area contributed by atoms with Gasteiger partial charge in [-0.25, -0.2) is 0 Å². The first-order chi connectivity index (χ1) is 11.0. The van der Waals surface area contributed by atoms with Crippen LogP contribution in [0, 0.1) is 5.92 Å². The van der Waals surface area contributed by atoms with E-state index in [1.807, 2.05) is 13.8 Å². The Morgan fingerprint density at radius 2 is 1.96 bits per heavy atom. The van der Waals surface area contributed by atoms with Crippen molar-refractivity contribution in [3.05, 3.63) is 33.8 Å². The number of carbonyl (C=O) groups excluding carboxylic acids is 2. The van der Waals surface area contributed by atoms with Crippen molar-refractivity contribution in [1.82, 2.24) is 10.6 Å². The molecule has 1 aromatic rings. The largest absolute Gasteiger partial charge is 0.469 e. The third kappa shape index (κ3) is 6.02. The Hall–Kier alpha value is -1.21. The van der Waals surface area contributed by atoms with E-state index >= 15 is 0 Å². The maximum absolute atomic E-state index is 12.1. The number of amides is 2. The van der Waals surface area contributed by atoms with Crippen LogP contribution in [-0.2, 0) is 4.79 Å². The maximum atomic E-state index is 12.1. The molecule has 24 heavy (non-hydrogen) atoms. The highest BCUT2D eigenvalue weighted by Gasteiger charge is 2.39. The van der Waals surface area contributed by atoms with Gasteiger partial charge < -0.3 is 20.7 Å². The van der Waals surface area contributed by atoms with Gasteiger partial charge in [-0.1, -0.05) is 37.0 Å². The number of carbonyl (C=O) groups is 2. The predicted octanol–water partition coefficient (Wildman–Crippen LogP) is 0.227. The van der Waals surface area contributed by atoms with Gasteiger partial charge in [-0.3, -0.25) is 9.59 Å². The molecule has 0 spiro atoms. The van der Waals surface area contributed by atoms with Crippen molar-refractivity contribution < 1.29 is 19.6 Å². The maximum Gasteiger partial charge on any atom is 0.469 e. The average Bonchev–Trinajstić information content (AvgIpc) is 2.46. The highest BCUT2D eigenvalue weighted by molar-refractivity contribution is 6.58. The van der Waals surface area contributed by atoms with E-state index in [2.05, 4.69) is 10.6 Å². The highest BCUT2D eigenvalue weighted by atomic mass is 35.5. The van der Waals surface area contributed by atoms with Crippen molar-refractivity contribution in [3.8, 4) is 0 Å². The number of hydrogen-bond donors (Lipinski definition) is 4. The highest BCUT2D eigenvalue weighted by Crippen LogP contribution is 2.20. The van der Waals surface area contributed by atoms with Crippen LogP contribution in [0.4, 0.5) is 0 Å². The molecule has 0 aliphatic carbocycles. The zero-order valence-corrected chi connectivity index (χ0v) is 15.3. The summed E-state index contributed by atoms with van der Waals surface area (Å²) < 4.78 is 0. The van der Waals surface area contributed by atoms with Crippen LogP contribution in [0.5, 0.6) is 0 Å². The number of nitrogens with one attached hydrogen (secondary N) is 2. The van der Waals surface area contributed by atoms with Gasteiger partial charge in [0.05, 0.1) is 17.1 Å². The summed E-state index contributed by atoms with van der Waals surface area (Å²) in [6.45, 7) is 3.47. The first-order valence-corrected chi connectivity index (χ1v) is 8.21. The van der Waals surface area contributed by atoms with Crippen LogP contribution >= 0.6 is 23.2 Å². The first kappa shape index (κ1) is 20.8. The lowest BCUT2D eigenvalue weighted by atomic mass is 9.50. The summed E-state index contributed by atoms with van der Waals surface area (Å²) in [5.41, 5.74) is 0.157. The lowest BCUT2D eigenvalue weighted by molar-refractivity contribution is -0.120. The van der Waals surface area contributed by atoms with Crippen molar-refractivity contribution in [2.24, 2.45) is 5.92 Å². The number of hydrogen-bond acceptors (Lipinski definition) is 4. The molecule has 6 nitrogen and oxygen atoms in total. The summed E-state index contributed by atoms with van der Waals surface area (Å²) in [6, 6.07) is 4.44. The van der Waals surface area contributed by atoms with E-state index < -0.39 is 24.3 Å². The molecule has 2 amide bonds. The van der Waals surface area contributed by atoms with Crippen LogP contribution in [0.2, 0.25) is 10.0 Å². The zero-order valence-electron chi connectivity index (χ0n) is 13.8. The van der Waals surface area contributed by atoms with Gasteiger partial charge in [0.1, 0.15) is 7.85 Å². The van der Waals surface area contributed by atoms with Crippen molar-refractivity contribution in [1.29, 1.82) is 0 Å². The molecule has 4 N–H and O–H groups in total. The van der Waals surface area contributed by atoms with Gasteiger partial charge >= 0.3 is 7.12 Å². The molecule has 0 heterocycles. The monoisotopic (exact) mass is 372 g/mol.